The van der Waals surface area contributed by atoms with E-state index in [0.717, 1.165) is 22.0 Å². The number of hydrogen-bond donors (Lipinski definition) is 1. The first-order valence-electron chi connectivity index (χ1n) is 7.90. The molecule has 1 heterocycles. The molecule has 3 rings (SSSR count). The van der Waals surface area contributed by atoms with Crippen molar-refractivity contribution in [3.63, 3.8) is 0 Å². The van der Waals surface area contributed by atoms with Gasteiger partial charge in [-0.1, -0.05) is 29.8 Å². The molecule has 0 spiro atoms. The molecule has 0 aliphatic heterocycles. The fraction of sp³-hybridized carbons (Fsp3) is 0.211. The molecule has 126 valence electrons. The van der Waals surface area contributed by atoms with Crippen molar-refractivity contribution in [2.75, 3.05) is 11.9 Å². The highest BCUT2D eigenvalue weighted by molar-refractivity contribution is 6.33. The van der Waals surface area contributed by atoms with Gasteiger partial charge in [0.05, 0.1) is 5.52 Å². The number of nitriles is 1. The number of fused-ring (bicyclic) bond motifs is 1. The molecular weight excluding hydrogens is 336 g/mol. The first-order valence-corrected chi connectivity index (χ1v) is 8.28. The number of rotatable bonds is 5. The Kier molecular flexibility index (Phi) is 5.01. The summed E-state index contributed by atoms with van der Waals surface area (Å²) in [5.74, 6) is 1.12. The van der Waals surface area contributed by atoms with Crippen LogP contribution >= 0.6 is 11.6 Å². The van der Waals surface area contributed by atoms with Crippen LogP contribution in [0, 0.1) is 11.3 Å². The average Bonchev–Trinajstić information content (AvgIpc) is 2.59. The highest BCUT2D eigenvalue weighted by atomic mass is 35.5. The van der Waals surface area contributed by atoms with Gasteiger partial charge in [0.2, 0.25) is 5.95 Å². The Balaban J connectivity index is 2.15. The van der Waals surface area contributed by atoms with E-state index in [-0.39, 0.29) is 12.6 Å². The summed E-state index contributed by atoms with van der Waals surface area (Å²) < 4.78 is 5.62. The fourth-order valence-corrected chi connectivity index (χ4v) is 2.74. The molecule has 2 aromatic carbocycles. The van der Waals surface area contributed by atoms with Gasteiger partial charge < -0.3 is 10.1 Å². The quantitative estimate of drug-likeness (QED) is 0.722. The normalized spacial score (nSPS) is 10.7. The summed E-state index contributed by atoms with van der Waals surface area (Å²) >= 11 is 6.34. The van der Waals surface area contributed by atoms with Crippen LogP contribution in [0.5, 0.6) is 5.75 Å². The van der Waals surface area contributed by atoms with Crippen molar-refractivity contribution in [3.8, 4) is 22.9 Å². The first kappa shape index (κ1) is 17.0. The first-order chi connectivity index (χ1) is 12.1. The summed E-state index contributed by atoms with van der Waals surface area (Å²) in [4.78, 5) is 8.87. The van der Waals surface area contributed by atoms with E-state index in [1.54, 1.807) is 6.20 Å². The van der Waals surface area contributed by atoms with Crippen molar-refractivity contribution in [2.45, 2.75) is 19.9 Å². The zero-order chi connectivity index (χ0) is 17.8. The molecule has 0 radical (unpaired) electrons. The van der Waals surface area contributed by atoms with Crippen molar-refractivity contribution in [1.82, 2.24) is 9.97 Å². The van der Waals surface area contributed by atoms with Gasteiger partial charge in [0.1, 0.15) is 11.8 Å². The molecular formula is C19H17ClN4O. The standard InChI is InChI=1S/C19H17ClN4O/c1-12(2)23-19-22-11-13-9-15(14-5-3-4-6-16(14)20)18(25-8-7-21)10-17(13)24-19/h3-6,9-12H,8H2,1-2H3,(H,22,23,24). The molecule has 0 atom stereocenters. The summed E-state index contributed by atoms with van der Waals surface area (Å²) in [6, 6.07) is 13.5. The molecule has 0 amide bonds. The Labute approximate surface area is 151 Å². The third-order valence-corrected chi connectivity index (χ3v) is 3.88. The van der Waals surface area contributed by atoms with E-state index in [0.29, 0.717) is 16.7 Å². The molecule has 1 N–H and O–H groups in total. The third-order valence-electron chi connectivity index (χ3n) is 3.56. The van der Waals surface area contributed by atoms with Gasteiger partial charge in [-0.25, -0.2) is 9.97 Å². The predicted octanol–water partition coefficient (Wildman–Crippen LogP) is 4.67. The van der Waals surface area contributed by atoms with Gasteiger partial charge in [-0.05, 0) is 26.0 Å². The summed E-state index contributed by atoms with van der Waals surface area (Å²) in [7, 11) is 0. The van der Waals surface area contributed by atoms with Gasteiger partial charge >= 0.3 is 0 Å². The molecule has 0 saturated carbocycles. The molecule has 1 aromatic heterocycles. The monoisotopic (exact) mass is 352 g/mol. The highest BCUT2D eigenvalue weighted by Gasteiger charge is 2.13. The maximum absolute atomic E-state index is 8.86. The van der Waals surface area contributed by atoms with Crippen molar-refractivity contribution in [2.24, 2.45) is 0 Å². The van der Waals surface area contributed by atoms with Crippen LogP contribution in [0.1, 0.15) is 13.8 Å². The summed E-state index contributed by atoms with van der Waals surface area (Å²) in [6.07, 6.45) is 1.77. The molecule has 0 unspecified atom stereocenters. The van der Waals surface area contributed by atoms with Gasteiger partial charge in [0.15, 0.2) is 6.61 Å². The zero-order valence-electron chi connectivity index (χ0n) is 14.0. The minimum absolute atomic E-state index is 0.0505. The molecule has 0 aliphatic carbocycles. The van der Waals surface area contributed by atoms with E-state index in [1.807, 2.05) is 56.3 Å². The number of benzene rings is 2. The van der Waals surface area contributed by atoms with E-state index in [2.05, 4.69) is 15.3 Å². The minimum atomic E-state index is -0.0505. The molecule has 5 nitrogen and oxygen atoms in total. The van der Waals surface area contributed by atoms with Crippen molar-refractivity contribution < 1.29 is 4.74 Å². The fourth-order valence-electron chi connectivity index (χ4n) is 2.51. The van der Waals surface area contributed by atoms with Crippen LogP contribution in [-0.4, -0.2) is 22.6 Å². The molecule has 0 fully saturated rings. The lowest BCUT2D eigenvalue weighted by Crippen LogP contribution is -2.12. The van der Waals surface area contributed by atoms with Crippen LogP contribution in [0.3, 0.4) is 0 Å². The molecule has 0 saturated heterocycles. The van der Waals surface area contributed by atoms with Gasteiger partial charge in [0, 0.05) is 39.8 Å². The van der Waals surface area contributed by atoms with Crippen LogP contribution in [-0.2, 0) is 0 Å². The predicted molar refractivity (Wildman–Crippen MR) is 99.9 cm³/mol. The molecule has 0 aliphatic rings. The van der Waals surface area contributed by atoms with E-state index in [4.69, 9.17) is 21.6 Å². The number of anilines is 1. The van der Waals surface area contributed by atoms with Crippen LogP contribution in [0.25, 0.3) is 22.0 Å². The summed E-state index contributed by atoms with van der Waals surface area (Å²) in [5, 5.41) is 13.5. The van der Waals surface area contributed by atoms with Crippen LogP contribution in [0.15, 0.2) is 42.6 Å². The second-order valence-corrected chi connectivity index (χ2v) is 6.23. The number of aromatic nitrogens is 2. The topological polar surface area (TPSA) is 70.8 Å². The Morgan fingerprint density at radius 1 is 1.24 bits per heavy atom. The SMILES string of the molecule is CC(C)Nc1ncc2cc(-c3ccccc3Cl)c(OCC#N)cc2n1. The molecule has 0 bridgehead atoms. The second-order valence-electron chi connectivity index (χ2n) is 5.83. The maximum atomic E-state index is 8.86. The van der Waals surface area contributed by atoms with Crippen LogP contribution in [0.4, 0.5) is 5.95 Å². The van der Waals surface area contributed by atoms with Gasteiger partial charge in [-0.2, -0.15) is 5.26 Å². The Morgan fingerprint density at radius 2 is 2.04 bits per heavy atom. The average molecular weight is 353 g/mol. The number of nitrogens with zero attached hydrogens (tertiary/aromatic N) is 3. The smallest absolute Gasteiger partial charge is 0.223 e. The second kappa shape index (κ2) is 7.37. The van der Waals surface area contributed by atoms with E-state index < -0.39 is 0 Å². The van der Waals surface area contributed by atoms with Crippen LogP contribution in [0.2, 0.25) is 5.02 Å². The Bertz CT molecular complexity index is 950. The van der Waals surface area contributed by atoms with Gasteiger partial charge in [0.25, 0.3) is 0 Å². The summed E-state index contributed by atoms with van der Waals surface area (Å²) in [6.45, 7) is 4.00. The van der Waals surface area contributed by atoms with E-state index in [1.165, 1.54) is 0 Å². The number of ether oxygens (including phenoxy) is 1. The van der Waals surface area contributed by atoms with Gasteiger partial charge in [-0.3, -0.25) is 0 Å². The third kappa shape index (κ3) is 3.81. The minimum Gasteiger partial charge on any atom is -0.478 e. The summed E-state index contributed by atoms with van der Waals surface area (Å²) in [5.41, 5.74) is 2.38. The maximum Gasteiger partial charge on any atom is 0.223 e. The largest absolute Gasteiger partial charge is 0.478 e. The van der Waals surface area contributed by atoms with Crippen molar-refractivity contribution in [1.29, 1.82) is 5.26 Å². The van der Waals surface area contributed by atoms with Crippen LogP contribution < -0.4 is 10.1 Å². The number of halogens is 1. The lowest BCUT2D eigenvalue weighted by atomic mass is 10.0. The molecule has 3 aromatic rings. The Morgan fingerprint density at radius 3 is 2.76 bits per heavy atom. The molecule has 6 heteroatoms. The number of hydrogen-bond acceptors (Lipinski definition) is 5. The van der Waals surface area contributed by atoms with Crippen molar-refractivity contribution >= 4 is 28.5 Å². The number of nitrogens with one attached hydrogen (secondary N) is 1. The van der Waals surface area contributed by atoms with E-state index >= 15 is 0 Å². The lowest BCUT2D eigenvalue weighted by Gasteiger charge is -2.13. The molecule has 25 heavy (non-hydrogen) atoms. The van der Waals surface area contributed by atoms with Gasteiger partial charge in [-0.15, -0.1) is 0 Å². The Hall–Kier alpha value is -2.84. The lowest BCUT2D eigenvalue weighted by molar-refractivity contribution is 0.370. The van der Waals surface area contributed by atoms with Crippen molar-refractivity contribution in [3.05, 3.63) is 47.6 Å². The van der Waals surface area contributed by atoms with E-state index in [9.17, 15) is 0 Å². The highest BCUT2D eigenvalue weighted by Crippen LogP contribution is 2.37. The zero-order valence-corrected chi connectivity index (χ0v) is 14.7.